The molecule has 0 aliphatic rings. The van der Waals surface area contributed by atoms with Gasteiger partial charge >= 0.3 is 6.03 Å². The van der Waals surface area contributed by atoms with Crippen molar-refractivity contribution in [3.63, 3.8) is 0 Å². The second kappa shape index (κ2) is 9.46. The maximum absolute atomic E-state index is 11.8. The van der Waals surface area contributed by atoms with Gasteiger partial charge < -0.3 is 15.4 Å². The fourth-order valence-electron chi connectivity index (χ4n) is 1.99. The lowest BCUT2D eigenvalue weighted by atomic mass is 10.3. The Morgan fingerprint density at radius 3 is 2.70 bits per heavy atom. The fourth-order valence-corrected chi connectivity index (χ4v) is 1.99. The van der Waals surface area contributed by atoms with Crippen molar-refractivity contribution >= 4 is 11.7 Å². The van der Waals surface area contributed by atoms with Crippen LogP contribution >= 0.6 is 0 Å². The second-order valence-corrected chi connectivity index (χ2v) is 5.18. The third-order valence-corrected chi connectivity index (χ3v) is 3.27. The van der Waals surface area contributed by atoms with Gasteiger partial charge in [0.15, 0.2) is 0 Å². The summed E-state index contributed by atoms with van der Waals surface area (Å²) in [7, 11) is 0. The van der Waals surface area contributed by atoms with Gasteiger partial charge in [-0.25, -0.2) is 4.79 Å². The lowest BCUT2D eigenvalue weighted by Gasteiger charge is -2.09. The van der Waals surface area contributed by atoms with Crippen molar-refractivity contribution in [1.29, 1.82) is 0 Å². The molecule has 2 amide bonds. The van der Waals surface area contributed by atoms with E-state index in [1.165, 1.54) is 0 Å². The van der Waals surface area contributed by atoms with Crippen molar-refractivity contribution in [2.45, 2.75) is 26.2 Å². The maximum atomic E-state index is 11.8. The zero-order valence-corrected chi connectivity index (χ0v) is 13.4. The molecule has 1 aromatic carbocycles. The molecule has 2 aromatic rings. The number of hydrogen-bond acceptors (Lipinski definition) is 3. The number of anilines is 1. The lowest BCUT2D eigenvalue weighted by molar-refractivity contribution is 0.252. The van der Waals surface area contributed by atoms with Crippen LogP contribution in [0.3, 0.4) is 0 Å². The number of nitrogens with zero attached hydrogens (tertiary/aromatic N) is 1. The molecule has 0 saturated heterocycles. The number of pyridine rings is 1. The van der Waals surface area contributed by atoms with Crippen molar-refractivity contribution in [2.24, 2.45) is 0 Å². The van der Waals surface area contributed by atoms with E-state index in [0.29, 0.717) is 13.0 Å². The van der Waals surface area contributed by atoms with Crippen LogP contribution in [0.15, 0.2) is 48.7 Å². The average Bonchev–Trinajstić information content (AvgIpc) is 2.58. The van der Waals surface area contributed by atoms with Gasteiger partial charge in [-0.1, -0.05) is 19.4 Å². The minimum atomic E-state index is -0.222. The fraction of sp³-hybridized carbons (Fsp3) is 0.333. The number of benzene rings is 1. The first-order valence-electron chi connectivity index (χ1n) is 7.95. The molecule has 1 aromatic heterocycles. The number of hydrogen-bond donors (Lipinski definition) is 2. The third-order valence-electron chi connectivity index (χ3n) is 3.27. The molecule has 0 atom stereocenters. The van der Waals surface area contributed by atoms with Crippen LogP contribution in [0.2, 0.25) is 0 Å². The monoisotopic (exact) mass is 313 g/mol. The van der Waals surface area contributed by atoms with Crippen LogP contribution in [0.5, 0.6) is 5.75 Å². The Labute approximate surface area is 137 Å². The zero-order chi connectivity index (χ0) is 16.3. The highest BCUT2D eigenvalue weighted by Crippen LogP contribution is 2.15. The van der Waals surface area contributed by atoms with Crippen LogP contribution in [-0.2, 0) is 6.42 Å². The molecule has 5 heteroatoms. The zero-order valence-electron chi connectivity index (χ0n) is 13.4. The Balaban J connectivity index is 1.70. The Hall–Kier alpha value is -2.56. The summed E-state index contributed by atoms with van der Waals surface area (Å²) in [5.41, 5.74) is 1.70. The lowest BCUT2D eigenvalue weighted by Crippen LogP contribution is -2.30. The van der Waals surface area contributed by atoms with Gasteiger partial charge in [0.1, 0.15) is 5.75 Å². The predicted octanol–water partition coefficient (Wildman–Crippen LogP) is 3.62. The van der Waals surface area contributed by atoms with Gasteiger partial charge in [0.05, 0.1) is 6.61 Å². The Bertz CT molecular complexity index is 585. The van der Waals surface area contributed by atoms with Crippen molar-refractivity contribution in [2.75, 3.05) is 18.5 Å². The Morgan fingerprint density at radius 1 is 1.17 bits per heavy atom. The maximum Gasteiger partial charge on any atom is 0.319 e. The summed E-state index contributed by atoms with van der Waals surface area (Å²) in [5.74, 6) is 0.819. The molecule has 1 heterocycles. The summed E-state index contributed by atoms with van der Waals surface area (Å²) in [4.78, 5) is 16.0. The number of amides is 2. The number of carbonyl (C=O) groups excluding carboxylic acids is 1. The summed E-state index contributed by atoms with van der Waals surface area (Å²) in [6.45, 7) is 3.39. The molecule has 0 bridgehead atoms. The van der Waals surface area contributed by atoms with E-state index in [1.54, 1.807) is 6.20 Å². The number of urea groups is 1. The molecule has 122 valence electrons. The molecule has 23 heavy (non-hydrogen) atoms. The van der Waals surface area contributed by atoms with Crippen LogP contribution in [0.1, 0.15) is 25.5 Å². The molecule has 0 fully saturated rings. The van der Waals surface area contributed by atoms with Crippen LogP contribution in [0, 0.1) is 0 Å². The summed E-state index contributed by atoms with van der Waals surface area (Å²) >= 11 is 0. The number of rotatable bonds is 8. The number of carbonyl (C=O) groups is 1. The highest BCUT2D eigenvalue weighted by Gasteiger charge is 2.02. The van der Waals surface area contributed by atoms with Gasteiger partial charge in [-0.15, -0.1) is 0 Å². The number of unbranched alkanes of at least 4 members (excludes halogenated alkanes) is 1. The average molecular weight is 313 g/mol. The third kappa shape index (κ3) is 6.38. The van der Waals surface area contributed by atoms with E-state index in [1.807, 2.05) is 42.5 Å². The first-order valence-corrected chi connectivity index (χ1v) is 7.95. The summed E-state index contributed by atoms with van der Waals surface area (Å²) in [6.07, 6.45) is 4.61. The molecule has 2 rings (SSSR count). The van der Waals surface area contributed by atoms with Crippen molar-refractivity contribution in [3.05, 3.63) is 54.4 Å². The van der Waals surface area contributed by atoms with E-state index in [4.69, 9.17) is 4.74 Å². The number of aromatic nitrogens is 1. The van der Waals surface area contributed by atoms with Crippen LogP contribution < -0.4 is 15.4 Å². The minimum absolute atomic E-state index is 0.222. The minimum Gasteiger partial charge on any atom is -0.494 e. The summed E-state index contributed by atoms with van der Waals surface area (Å²) in [6, 6.07) is 12.9. The normalized spacial score (nSPS) is 10.1. The van der Waals surface area contributed by atoms with Crippen molar-refractivity contribution in [3.8, 4) is 5.75 Å². The van der Waals surface area contributed by atoms with E-state index in [0.717, 1.165) is 36.6 Å². The standard InChI is InChI=1S/C18H23N3O2/c1-2-3-14-23-17-9-7-16(8-10-17)21-18(22)20-13-11-15-6-4-5-12-19-15/h4-10,12H,2-3,11,13-14H2,1H3,(H2,20,21,22). The van der Waals surface area contributed by atoms with Gasteiger partial charge in [0, 0.05) is 30.5 Å². The molecule has 0 radical (unpaired) electrons. The van der Waals surface area contributed by atoms with Gasteiger partial charge in [0.25, 0.3) is 0 Å². The first kappa shape index (κ1) is 16.8. The molecular weight excluding hydrogens is 290 g/mol. The van der Waals surface area contributed by atoms with Crippen molar-refractivity contribution < 1.29 is 9.53 Å². The first-order chi connectivity index (χ1) is 11.3. The molecule has 0 aliphatic heterocycles. The smallest absolute Gasteiger partial charge is 0.319 e. The quantitative estimate of drug-likeness (QED) is 0.732. The van der Waals surface area contributed by atoms with E-state index >= 15 is 0 Å². The van der Waals surface area contributed by atoms with Gasteiger partial charge in [-0.2, -0.15) is 0 Å². The Morgan fingerprint density at radius 2 is 2.00 bits per heavy atom. The van der Waals surface area contributed by atoms with Crippen molar-refractivity contribution in [1.82, 2.24) is 10.3 Å². The molecular formula is C18H23N3O2. The van der Waals surface area contributed by atoms with E-state index in [-0.39, 0.29) is 6.03 Å². The van der Waals surface area contributed by atoms with E-state index in [2.05, 4.69) is 22.5 Å². The van der Waals surface area contributed by atoms with Crippen LogP contribution in [-0.4, -0.2) is 24.2 Å². The SMILES string of the molecule is CCCCOc1ccc(NC(=O)NCCc2ccccn2)cc1. The summed E-state index contributed by atoms with van der Waals surface area (Å²) in [5, 5.41) is 5.61. The molecule has 0 spiro atoms. The topological polar surface area (TPSA) is 63.2 Å². The van der Waals surface area contributed by atoms with Crippen LogP contribution in [0.4, 0.5) is 10.5 Å². The number of ether oxygens (including phenoxy) is 1. The second-order valence-electron chi connectivity index (χ2n) is 5.18. The van der Waals surface area contributed by atoms with E-state index in [9.17, 15) is 4.79 Å². The van der Waals surface area contributed by atoms with E-state index < -0.39 is 0 Å². The largest absolute Gasteiger partial charge is 0.494 e. The predicted molar refractivity (Wildman–Crippen MR) is 91.8 cm³/mol. The van der Waals surface area contributed by atoms with Gasteiger partial charge in [-0.3, -0.25) is 4.98 Å². The molecule has 2 N–H and O–H groups in total. The highest BCUT2D eigenvalue weighted by molar-refractivity contribution is 5.89. The van der Waals surface area contributed by atoms with Crippen LogP contribution in [0.25, 0.3) is 0 Å². The molecule has 5 nitrogen and oxygen atoms in total. The molecule has 0 saturated carbocycles. The molecule has 0 unspecified atom stereocenters. The number of nitrogens with one attached hydrogen (secondary N) is 2. The van der Waals surface area contributed by atoms with Gasteiger partial charge in [-0.05, 0) is 42.8 Å². The summed E-state index contributed by atoms with van der Waals surface area (Å²) < 4.78 is 5.58. The Kier molecular flexibility index (Phi) is 6.91. The highest BCUT2D eigenvalue weighted by atomic mass is 16.5. The van der Waals surface area contributed by atoms with Gasteiger partial charge in [0.2, 0.25) is 0 Å². The molecule has 0 aliphatic carbocycles.